The van der Waals surface area contributed by atoms with Crippen molar-refractivity contribution in [1.82, 2.24) is 9.88 Å². The van der Waals surface area contributed by atoms with Gasteiger partial charge in [-0.2, -0.15) is 0 Å². The summed E-state index contributed by atoms with van der Waals surface area (Å²) in [6, 6.07) is 14.0. The number of amides is 1. The van der Waals surface area contributed by atoms with Crippen molar-refractivity contribution in [3.05, 3.63) is 71.0 Å². The quantitative estimate of drug-likeness (QED) is 0.600. The fraction of sp³-hybridized carbons (Fsp3) is 0.238. The van der Waals surface area contributed by atoms with Gasteiger partial charge in [-0.25, -0.2) is 9.37 Å². The molecule has 2 aromatic carbocycles. The second kappa shape index (κ2) is 8.31. The lowest BCUT2D eigenvalue weighted by Gasteiger charge is -2.19. The number of ether oxygens (including phenoxy) is 1. The van der Waals surface area contributed by atoms with Crippen LogP contribution in [-0.2, 0) is 6.61 Å². The second-order valence-corrected chi connectivity index (χ2v) is 7.35. The van der Waals surface area contributed by atoms with Crippen molar-refractivity contribution in [2.24, 2.45) is 0 Å². The summed E-state index contributed by atoms with van der Waals surface area (Å²) in [5.74, 6) is 0.335. The standard InChI is InChI=1S/C21H21FN2O2S/c1-14(2)24(3)21(25)19-13-27-20(23-19)16-7-9-18(10-8-16)26-12-15-5-4-6-17(22)11-15/h4-11,13-14H,12H2,1-3H3. The minimum absolute atomic E-state index is 0.0810. The normalized spacial score (nSPS) is 10.9. The number of halogens is 1. The van der Waals surface area contributed by atoms with E-state index in [-0.39, 0.29) is 17.8 Å². The van der Waals surface area contributed by atoms with Crippen LogP contribution in [-0.4, -0.2) is 28.9 Å². The van der Waals surface area contributed by atoms with Crippen molar-refractivity contribution in [3.63, 3.8) is 0 Å². The van der Waals surface area contributed by atoms with Gasteiger partial charge in [0, 0.05) is 24.0 Å². The maximum Gasteiger partial charge on any atom is 0.273 e. The molecule has 0 saturated heterocycles. The molecule has 6 heteroatoms. The number of nitrogens with zero attached hydrogens (tertiary/aromatic N) is 2. The first kappa shape index (κ1) is 19.0. The first-order chi connectivity index (χ1) is 12.9. The van der Waals surface area contributed by atoms with Crippen LogP contribution in [0, 0.1) is 5.82 Å². The Balaban J connectivity index is 1.66. The predicted molar refractivity (Wildman–Crippen MR) is 106 cm³/mol. The van der Waals surface area contributed by atoms with E-state index in [0.717, 1.165) is 16.1 Å². The molecule has 0 radical (unpaired) electrons. The molecule has 0 atom stereocenters. The smallest absolute Gasteiger partial charge is 0.273 e. The largest absolute Gasteiger partial charge is 0.489 e. The van der Waals surface area contributed by atoms with Crippen LogP contribution >= 0.6 is 11.3 Å². The van der Waals surface area contributed by atoms with E-state index in [1.807, 2.05) is 44.2 Å². The fourth-order valence-corrected chi connectivity index (χ4v) is 3.21. The number of benzene rings is 2. The maximum absolute atomic E-state index is 13.2. The maximum atomic E-state index is 13.2. The van der Waals surface area contributed by atoms with Gasteiger partial charge >= 0.3 is 0 Å². The summed E-state index contributed by atoms with van der Waals surface area (Å²) >= 11 is 1.44. The zero-order chi connectivity index (χ0) is 19.4. The van der Waals surface area contributed by atoms with E-state index in [0.29, 0.717) is 18.1 Å². The van der Waals surface area contributed by atoms with Gasteiger partial charge < -0.3 is 9.64 Å². The average Bonchev–Trinajstić information content (AvgIpc) is 3.15. The Morgan fingerprint density at radius 3 is 2.63 bits per heavy atom. The van der Waals surface area contributed by atoms with Crippen LogP contribution in [0.3, 0.4) is 0 Å². The number of hydrogen-bond acceptors (Lipinski definition) is 4. The number of aromatic nitrogens is 1. The van der Waals surface area contributed by atoms with E-state index >= 15 is 0 Å². The van der Waals surface area contributed by atoms with Gasteiger partial charge in [0.25, 0.3) is 5.91 Å². The molecule has 0 aliphatic rings. The molecule has 0 aliphatic carbocycles. The van der Waals surface area contributed by atoms with Crippen LogP contribution in [0.2, 0.25) is 0 Å². The summed E-state index contributed by atoms with van der Waals surface area (Å²) < 4.78 is 18.9. The minimum Gasteiger partial charge on any atom is -0.489 e. The molecule has 1 aromatic heterocycles. The summed E-state index contributed by atoms with van der Waals surface area (Å²) in [6.45, 7) is 4.23. The topological polar surface area (TPSA) is 42.4 Å². The Morgan fingerprint density at radius 1 is 1.22 bits per heavy atom. The van der Waals surface area contributed by atoms with Crippen molar-refractivity contribution in [1.29, 1.82) is 0 Å². The van der Waals surface area contributed by atoms with E-state index in [4.69, 9.17) is 4.74 Å². The van der Waals surface area contributed by atoms with Crippen LogP contribution in [0.15, 0.2) is 53.9 Å². The molecule has 0 spiro atoms. The summed E-state index contributed by atoms with van der Waals surface area (Å²) in [4.78, 5) is 18.5. The number of rotatable bonds is 6. The molecule has 0 bridgehead atoms. The lowest BCUT2D eigenvalue weighted by Crippen LogP contribution is -2.33. The first-order valence-electron chi connectivity index (χ1n) is 8.64. The zero-order valence-corrected chi connectivity index (χ0v) is 16.3. The van der Waals surface area contributed by atoms with Crippen LogP contribution in [0.5, 0.6) is 5.75 Å². The SMILES string of the molecule is CC(C)N(C)C(=O)c1csc(-c2ccc(OCc3cccc(F)c3)cc2)n1. The lowest BCUT2D eigenvalue weighted by molar-refractivity contribution is 0.0750. The molecule has 1 heterocycles. The Bertz CT molecular complexity index is 922. The predicted octanol–water partition coefficient (Wildman–Crippen LogP) is 5.01. The second-order valence-electron chi connectivity index (χ2n) is 6.49. The van der Waals surface area contributed by atoms with E-state index < -0.39 is 0 Å². The molecular formula is C21H21FN2O2S. The number of carbonyl (C=O) groups is 1. The van der Waals surface area contributed by atoms with E-state index in [1.54, 1.807) is 23.4 Å². The number of thiazole rings is 1. The fourth-order valence-electron chi connectivity index (χ4n) is 2.41. The van der Waals surface area contributed by atoms with Crippen molar-refractivity contribution >= 4 is 17.2 Å². The van der Waals surface area contributed by atoms with Crippen molar-refractivity contribution in [2.75, 3.05) is 7.05 Å². The monoisotopic (exact) mass is 384 g/mol. The molecule has 140 valence electrons. The molecule has 0 aliphatic heterocycles. The Kier molecular flexibility index (Phi) is 5.86. The zero-order valence-electron chi connectivity index (χ0n) is 15.5. The van der Waals surface area contributed by atoms with Crippen LogP contribution in [0.4, 0.5) is 4.39 Å². The van der Waals surface area contributed by atoms with Gasteiger partial charge in [-0.05, 0) is 55.8 Å². The van der Waals surface area contributed by atoms with Gasteiger partial charge in [-0.3, -0.25) is 4.79 Å². The molecule has 27 heavy (non-hydrogen) atoms. The summed E-state index contributed by atoms with van der Waals surface area (Å²) in [5, 5.41) is 2.57. The van der Waals surface area contributed by atoms with Gasteiger partial charge in [0.05, 0.1) is 0 Å². The van der Waals surface area contributed by atoms with E-state index in [9.17, 15) is 9.18 Å². The van der Waals surface area contributed by atoms with Gasteiger partial charge in [-0.15, -0.1) is 11.3 Å². The molecule has 1 amide bonds. The van der Waals surface area contributed by atoms with Crippen LogP contribution in [0.25, 0.3) is 10.6 Å². The summed E-state index contributed by atoms with van der Waals surface area (Å²) in [6.07, 6.45) is 0. The highest BCUT2D eigenvalue weighted by atomic mass is 32.1. The first-order valence-corrected chi connectivity index (χ1v) is 9.52. The highest BCUT2D eigenvalue weighted by Crippen LogP contribution is 2.26. The average molecular weight is 384 g/mol. The molecular weight excluding hydrogens is 363 g/mol. The third-order valence-electron chi connectivity index (χ3n) is 4.21. The minimum atomic E-state index is -0.274. The van der Waals surface area contributed by atoms with Gasteiger partial charge in [0.15, 0.2) is 0 Å². The Hall–Kier alpha value is -2.73. The molecule has 0 saturated carbocycles. The van der Waals surface area contributed by atoms with Gasteiger partial charge in [0.2, 0.25) is 0 Å². The van der Waals surface area contributed by atoms with Crippen LogP contribution < -0.4 is 4.74 Å². The summed E-state index contributed by atoms with van der Waals surface area (Å²) in [5.41, 5.74) is 2.15. The molecule has 3 rings (SSSR count). The molecule has 0 unspecified atom stereocenters. The molecule has 4 nitrogen and oxygen atoms in total. The Morgan fingerprint density at radius 2 is 1.96 bits per heavy atom. The third-order valence-corrected chi connectivity index (χ3v) is 5.11. The summed E-state index contributed by atoms with van der Waals surface area (Å²) in [7, 11) is 1.77. The lowest BCUT2D eigenvalue weighted by atomic mass is 10.2. The molecule has 0 fully saturated rings. The third kappa shape index (κ3) is 4.71. The number of carbonyl (C=O) groups excluding carboxylic acids is 1. The number of hydrogen-bond donors (Lipinski definition) is 0. The Labute approximate surface area is 162 Å². The molecule has 0 N–H and O–H groups in total. The van der Waals surface area contributed by atoms with Gasteiger partial charge in [0.1, 0.15) is 28.9 Å². The van der Waals surface area contributed by atoms with Crippen molar-refractivity contribution < 1.29 is 13.9 Å². The van der Waals surface area contributed by atoms with Crippen LogP contribution in [0.1, 0.15) is 29.9 Å². The van der Waals surface area contributed by atoms with E-state index in [2.05, 4.69) is 4.98 Å². The van der Waals surface area contributed by atoms with Gasteiger partial charge in [-0.1, -0.05) is 12.1 Å². The molecule has 3 aromatic rings. The highest BCUT2D eigenvalue weighted by Gasteiger charge is 2.18. The van der Waals surface area contributed by atoms with Crippen molar-refractivity contribution in [3.8, 4) is 16.3 Å². The highest BCUT2D eigenvalue weighted by molar-refractivity contribution is 7.13. The van der Waals surface area contributed by atoms with Crippen molar-refractivity contribution in [2.45, 2.75) is 26.5 Å². The van der Waals surface area contributed by atoms with E-state index in [1.165, 1.54) is 23.5 Å².